The fourth-order valence-corrected chi connectivity index (χ4v) is 7.37. The lowest BCUT2D eigenvalue weighted by atomic mass is 9.66. The van der Waals surface area contributed by atoms with Crippen molar-refractivity contribution < 1.29 is 18.0 Å². The molecule has 0 amide bonds. The van der Waals surface area contributed by atoms with Crippen molar-refractivity contribution in [2.24, 2.45) is 22.7 Å². The fourth-order valence-electron chi connectivity index (χ4n) is 6.25. The van der Waals surface area contributed by atoms with Gasteiger partial charge in [-0.2, -0.15) is 13.2 Å². The molecule has 1 aliphatic heterocycles. The van der Waals surface area contributed by atoms with E-state index in [1.807, 2.05) is 4.90 Å². The molecule has 0 radical (unpaired) electrons. The molecule has 32 heavy (non-hydrogen) atoms. The molecule has 1 aromatic heterocycles. The van der Waals surface area contributed by atoms with Crippen LogP contribution < -0.4 is 4.90 Å². The predicted molar refractivity (Wildman–Crippen MR) is 123 cm³/mol. The van der Waals surface area contributed by atoms with Gasteiger partial charge in [0.2, 0.25) is 0 Å². The van der Waals surface area contributed by atoms with E-state index in [1.54, 1.807) is 11.9 Å². The molecule has 178 valence electrons. The van der Waals surface area contributed by atoms with E-state index in [-0.39, 0.29) is 5.02 Å². The number of nitrogens with zero attached hydrogens (tertiary/aromatic N) is 3. The van der Waals surface area contributed by atoms with Crippen molar-refractivity contribution >= 4 is 35.1 Å². The van der Waals surface area contributed by atoms with Crippen LogP contribution in [0.1, 0.15) is 52.0 Å². The Labute approximate surface area is 197 Å². The molecule has 0 bridgehead atoms. The van der Waals surface area contributed by atoms with Crippen LogP contribution in [0.15, 0.2) is 12.3 Å². The number of Topliss-reactive ketones (excluding diaryl/α,β-unsaturated/α-hetero) is 1. The largest absolute Gasteiger partial charge is 0.417 e. The number of hydrogen-bond acceptors (Lipinski definition) is 5. The molecule has 2 unspecified atom stereocenters. The third kappa shape index (κ3) is 4.05. The van der Waals surface area contributed by atoms with Gasteiger partial charge in [-0.3, -0.25) is 4.79 Å². The third-order valence-corrected chi connectivity index (χ3v) is 9.35. The molecule has 3 saturated carbocycles. The maximum atomic E-state index is 12.6. The molecule has 0 N–H and O–H groups in total. The summed E-state index contributed by atoms with van der Waals surface area (Å²) < 4.78 is 40.1. The third-order valence-electron chi connectivity index (χ3n) is 8.09. The molecule has 3 atom stereocenters. The summed E-state index contributed by atoms with van der Waals surface area (Å²) in [6, 6.07) is 0.952. The molecule has 1 saturated heterocycles. The average Bonchev–Trinajstić information content (AvgIpc) is 3.20. The van der Waals surface area contributed by atoms with E-state index < -0.39 is 11.7 Å². The van der Waals surface area contributed by atoms with Crippen molar-refractivity contribution in [3.63, 3.8) is 0 Å². The van der Waals surface area contributed by atoms with Crippen LogP contribution in [-0.2, 0) is 11.0 Å². The van der Waals surface area contributed by atoms with Gasteiger partial charge in [-0.1, -0.05) is 44.3 Å². The molecule has 0 aromatic carbocycles. The number of halogens is 4. The lowest BCUT2D eigenvalue weighted by Crippen LogP contribution is -2.34. The summed E-state index contributed by atoms with van der Waals surface area (Å²) in [6.45, 7) is 10.1. The predicted octanol–water partition coefficient (Wildman–Crippen LogP) is 5.95. The summed E-state index contributed by atoms with van der Waals surface area (Å²) in [5.74, 6) is 3.27. The summed E-state index contributed by atoms with van der Waals surface area (Å²) in [5, 5.41) is 0.0569. The lowest BCUT2D eigenvalue weighted by molar-refractivity contribution is -0.137. The molecule has 2 heterocycles. The minimum atomic E-state index is -4.41. The van der Waals surface area contributed by atoms with Crippen LogP contribution in [0, 0.1) is 22.7 Å². The standard InChI is InChI=1S/C13H17ClF3N3S.C10H14O/c1-2-21-20-5-3-4-19(6-7-20)12-11(14)8-10(9-18-12)13(15,16)17;1-9(2)8-5-7(11)6-3-4-10(6,8)9/h8-9H,2-7H2,1H3;6,8H,3-5H2,1-2H3/t;6?,8-,10?/m.1/s1. The van der Waals surface area contributed by atoms with Gasteiger partial charge >= 0.3 is 6.18 Å². The van der Waals surface area contributed by atoms with Crippen molar-refractivity contribution in [3.05, 3.63) is 22.8 Å². The number of carbonyl (C=O) groups is 1. The first-order chi connectivity index (χ1) is 15.0. The van der Waals surface area contributed by atoms with E-state index in [0.29, 0.717) is 34.9 Å². The second kappa shape index (κ2) is 8.66. The van der Waals surface area contributed by atoms with E-state index in [9.17, 15) is 18.0 Å². The number of anilines is 1. The van der Waals surface area contributed by atoms with Gasteiger partial charge in [-0.05, 0) is 42.1 Å². The highest BCUT2D eigenvalue weighted by Gasteiger charge is 2.81. The van der Waals surface area contributed by atoms with Crippen LogP contribution in [0.5, 0.6) is 0 Å². The van der Waals surface area contributed by atoms with Crippen LogP contribution in [0.4, 0.5) is 19.0 Å². The van der Waals surface area contributed by atoms with Gasteiger partial charge in [-0.25, -0.2) is 9.29 Å². The van der Waals surface area contributed by atoms with Crippen molar-refractivity contribution in [2.75, 3.05) is 36.8 Å². The highest BCUT2D eigenvalue weighted by molar-refractivity contribution is 7.96. The normalized spacial score (nSPS) is 31.1. The Balaban J connectivity index is 0.000000183. The van der Waals surface area contributed by atoms with Crippen LogP contribution in [-0.4, -0.2) is 47.0 Å². The summed E-state index contributed by atoms with van der Waals surface area (Å²) in [5.41, 5.74) is 0.225. The Hall–Kier alpha value is -0.990. The highest BCUT2D eigenvalue weighted by Crippen LogP contribution is 2.84. The zero-order chi connectivity index (χ0) is 23.3. The first-order valence-electron chi connectivity index (χ1n) is 11.4. The van der Waals surface area contributed by atoms with Gasteiger partial charge in [0, 0.05) is 50.5 Å². The Morgan fingerprint density at radius 2 is 2.00 bits per heavy atom. The number of aromatic nitrogens is 1. The van der Waals surface area contributed by atoms with Gasteiger partial charge in [0.05, 0.1) is 10.6 Å². The molecule has 1 aromatic rings. The van der Waals surface area contributed by atoms with Crippen LogP contribution in [0.2, 0.25) is 5.02 Å². The van der Waals surface area contributed by atoms with Gasteiger partial charge in [-0.15, -0.1) is 0 Å². The van der Waals surface area contributed by atoms with Crippen molar-refractivity contribution in [2.45, 2.75) is 52.6 Å². The first-order valence-corrected chi connectivity index (χ1v) is 12.7. The second-order valence-electron chi connectivity index (χ2n) is 9.79. The van der Waals surface area contributed by atoms with E-state index in [2.05, 4.69) is 30.1 Å². The molecule has 4 aliphatic rings. The van der Waals surface area contributed by atoms with Crippen LogP contribution in [0.25, 0.3) is 0 Å². The molecule has 4 fully saturated rings. The number of ketones is 1. The topological polar surface area (TPSA) is 36.4 Å². The number of hydrogen-bond donors (Lipinski definition) is 0. The molecular weight excluding hydrogens is 459 g/mol. The van der Waals surface area contributed by atoms with Crippen LogP contribution in [0.3, 0.4) is 0 Å². The fraction of sp³-hybridized carbons (Fsp3) is 0.739. The van der Waals surface area contributed by atoms with Crippen molar-refractivity contribution in [1.82, 2.24) is 9.29 Å². The average molecular weight is 490 g/mol. The van der Waals surface area contributed by atoms with Gasteiger partial charge < -0.3 is 4.90 Å². The Morgan fingerprint density at radius 1 is 1.25 bits per heavy atom. The quantitative estimate of drug-likeness (QED) is 0.491. The first kappa shape index (κ1) is 24.1. The summed E-state index contributed by atoms with van der Waals surface area (Å²) in [7, 11) is 0. The maximum Gasteiger partial charge on any atom is 0.417 e. The summed E-state index contributed by atoms with van der Waals surface area (Å²) in [4.78, 5) is 17.2. The molecule has 3 aliphatic carbocycles. The molecular formula is C23H31ClF3N3OS. The second-order valence-corrected chi connectivity index (χ2v) is 11.6. The van der Waals surface area contributed by atoms with Gasteiger partial charge in [0.25, 0.3) is 0 Å². The van der Waals surface area contributed by atoms with Crippen molar-refractivity contribution in [1.29, 1.82) is 0 Å². The molecule has 1 spiro atoms. The summed E-state index contributed by atoms with van der Waals surface area (Å²) in [6.07, 6.45) is 0.802. The molecule has 4 nitrogen and oxygen atoms in total. The van der Waals surface area contributed by atoms with Crippen molar-refractivity contribution in [3.8, 4) is 0 Å². The van der Waals surface area contributed by atoms with E-state index in [1.165, 1.54) is 12.8 Å². The van der Waals surface area contributed by atoms with Crippen LogP contribution >= 0.6 is 23.5 Å². The zero-order valence-electron chi connectivity index (χ0n) is 18.8. The monoisotopic (exact) mass is 489 g/mol. The minimum absolute atomic E-state index is 0.0569. The zero-order valence-corrected chi connectivity index (χ0v) is 20.4. The summed E-state index contributed by atoms with van der Waals surface area (Å²) >= 11 is 7.77. The SMILES string of the molecule is CC1(C)[C@H]2CC(=O)C3CCC321.CCSN1CCCN(c2ncc(C(F)(F)F)cc2Cl)CC1. The van der Waals surface area contributed by atoms with Gasteiger partial charge in [0.1, 0.15) is 11.6 Å². The number of alkyl halides is 3. The number of rotatable bonds is 3. The molecule has 5 rings (SSSR count). The van der Waals surface area contributed by atoms with Gasteiger partial charge in [0.15, 0.2) is 0 Å². The molecule has 9 heteroatoms. The minimum Gasteiger partial charge on any atom is -0.354 e. The van der Waals surface area contributed by atoms with E-state index >= 15 is 0 Å². The Morgan fingerprint density at radius 3 is 2.53 bits per heavy atom. The number of pyridine rings is 1. The maximum absolute atomic E-state index is 12.6. The Kier molecular flexibility index (Phi) is 6.53. The lowest BCUT2D eigenvalue weighted by Gasteiger charge is -2.37. The highest BCUT2D eigenvalue weighted by atomic mass is 35.5. The van der Waals surface area contributed by atoms with E-state index in [0.717, 1.165) is 56.4 Å². The Bertz CT molecular complexity index is 881. The smallest absolute Gasteiger partial charge is 0.354 e. The number of carbonyl (C=O) groups excluding carboxylic acids is 1. The van der Waals surface area contributed by atoms with E-state index in [4.69, 9.17) is 11.6 Å².